The van der Waals surface area contributed by atoms with E-state index in [1.54, 1.807) is 36.4 Å². The zero-order chi connectivity index (χ0) is 15.2. The van der Waals surface area contributed by atoms with Crippen molar-refractivity contribution in [3.63, 3.8) is 0 Å². The molecule has 0 spiro atoms. The van der Waals surface area contributed by atoms with Crippen LogP contribution in [0.1, 0.15) is 28.4 Å². The fraction of sp³-hybridized carbons (Fsp3) is 0.176. The number of nitriles is 1. The predicted octanol–water partition coefficient (Wildman–Crippen LogP) is 3.35. The van der Waals surface area contributed by atoms with Gasteiger partial charge in [-0.1, -0.05) is 18.2 Å². The van der Waals surface area contributed by atoms with E-state index in [4.69, 9.17) is 14.7 Å². The van der Waals surface area contributed by atoms with Crippen LogP contribution in [0.2, 0.25) is 0 Å². The molecule has 2 aromatic carbocycles. The number of hydrogen-bond donors (Lipinski definition) is 0. The number of methoxy groups -OCH3 is 1. The van der Waals surface area contributed by atoms with Gasteiger partial charge in [-0.3, -0.25) is 4.79 Å². The zero-order valence-electron chi connectivity index (χ0n) is 11.9. The molecule has 0 aromatic heterocycles. The second-order valence-electron chi connectivity index (χ2n) is 4.49. The lowest BCUT2D eigenvalue weighted by Gasteiger charge is -2.11. The number of nitrogens with zero attached hydrogens (tertiary/aromatic N) is 1. The Labute approximate surface area is 123 Å². The van der Waals surface area contributed by atoms with Crippen molar-refractivity contribution in [2.45, 2.75) is 13.5 Å². The van der Waals surface area contributed by atoms with Crippen LogP contribution in [-0.4, -0.2) is 12.9 Å². The van der Waals surface area contributed by atoms with Crippen molar-refractivity contribution in [3.05, 3.63) is 59.2 Å². The molecule has 0 bridgehead atoms. The van der Waals surface area contributed by atoms with Crippen LogP contribution in [0.25, 0.3) is 0 Å². The predicted molar refractivity (Wildman–Crippen MR) is 78.5 cm³/mol. The second-order valence-corrected chi connectivity index (χ2v) is 4.49. The van der Waals surface area contributed by atoms with Gasteiger partial charge in [0.2, 0.25) is 0 Å². The molecule has 2 rings (SSSR count). The molecule has 0 atom stereocenters. The molecular formula is C17H15NO3. The van der Waals surface area contributed by atoms with Crippen molar-refractivity contribution in [1.82, 2.24) is 0 Å². The third-order valence-electron chi connectivity index (χ3n) is 3.05. The number of carbonyl (C=O) groups is 1. The zero-order valence-corrected chi connectivity index (χ0v) is 11.9. The summed E-state index contributed by atoms with van der Waals surface area (Å²) >= 11 is 0. The first-order valence-electron chi connectivity index (χ1n) is 6.45. The number of Topliss-reactive ketones (excluding diaryl/α,β-unsaturated/α-hetero) is 1. The standard InChI is InChI=1S/C17H15NO3/c1-12(19)15-5-3-4-6-16(15)21-11-13-7-8-14(10-18)17(9-13)20-2/h3-9H,11H2,1-2H3. The van der Waals surface area contributed by atoms with Gasteiger partial charge in [-0.05, 0) is 36.8 Å². The van der Waals surface area contributed by atoms with Gasteiger partial charge in [-0.2, -0.15) is 5.26 Å². The van der Waals surface area contributed by atoms with Gasteiger partial charge >= 0.3 is 0 Å². The Balaban J connectivity index is 2.18. The number of benzene rings is 2. The average molecular weight is 281 g/mol. The lowest BCUT2D eigenvalue weighted by atomic mass is 10.1. The normalized spacial score (nSPS) is 9.76. The molecule has 0 unspecified atom stereocenters. The summed E-state index contributed by atoms with van der Waals surface area (Å²) in [5, 5.41) is 8.95. The average Bonchev–Trinajstić information content (AvgIpc) is 2.52. The molecule has 0 aliphatic heterocycles. The minimum absolute atomic E-state index is 0.0389. The molecule has 4 heteroatoms. The molecule has 0 heterocycles. The van der Waals surface area contributed by atoms with Gasteiger partial charge in [0.15, 0.2) is 5.78 Å². The molecule has 2 aromatic rings. The Kier molecular flexibility index (Phi) is 4.57. The van der Waals surface area contributed by atoms with E-state index in [1.807, 2.05) is 6.07 Å². The highest BCUT2D eigenvalue weighted by Crippen LogP contribution is 2.23. The summed E-state index contributed by atoms with van der Waals surface area (Å²) in [6, 6.07) is 14.4. The third kappa shape index (κ3) is 3.40. The summed E-state index contributed by atoms with van der Waals surface area (Å²) in [6.07, 6.45) is 0. The first-order valence-corrected chi connectivity index (χ1v) is 6.45. The van der Waals surface area contributed by atoms with Crippen LogP contribution in [0.4, 0.5) is 0 Å². The molecule has 0 amide bonds. The Morgan fingerprint density at radius 1 is 1.19 bits per heavy atom. The molecule has 21 heavy (non-hydrogen) atoms. The topological polar surface area (TPSA) is 59.3 Å². The molecule has 0 N–H and O–H groups in total. The number of para-hydroxylation sites is 1. The number of ketones is 1. The van der Waals surface area contributed by atoms with Crippen LogP contribution in [-0.2, 0) is 6.61 Å². The highest BCUT2D eigenvalue weighted by Gasteiger charge is 2.08. The monoisotopic (exact) mass is 281 g/mol. The Morgan fingerprint density at radius 3 is 2.62 bits per heavy atom. The molecule has 0 aliphatic rings. The van der Waals surface area contributed by atoms with E-state index in [9.17, 15) is 4.79 Å². The molecule has 106 valence electrons. The van der Waals surface area contributed by atoms with E-state index in [0.29, 0.717) is 29.2 Å². The van der Waals surface area contributed by atoms with E-state index < -0.39 is 0 Å². The van der Waals surface area contributed by atoms with Crippen molar-refractivity contribution in [3.8, 4) is 17.6 Å². The van der Waals surface area contributed by atoms with Gasteiger partial charge in [-0.25, -0.2) is 0 Å². The van der Waals surface area contributed by atoms with Crippen molar-refractivity contribution >= 4 is 5.78 Å². The van der Waals surface area contributed by atoms with Crippen molar-refractivity contribution in [2.75, 3.05) is 7.11 Å². The number of hydrogen-bond acceptors (Lipinski definition) is 4. The highest BCUT2D eigenvalue weighted by atomic mass is 16.5. The first kappa shape index (κ1) is 14.6. The van der Waals surface area contributed by atoms with Gasteiger partial charge in [0.1, 0.15) is 24.2 Å². The molecular weight excluding hydrogens is 266 g/mol. The summed E-state index contributed by atoms with van der Waals surface area (Å²) in [4.78, 5) is 11.5. The van der Waals surface area contributed by atoms with Crippen LogP contribution in [0, 0.1) is 11.3 Å². The number of carbonyl (C=O) groups excluding carboxylic acids is 1. The van der Waals surface area contributed by atoms with E-state index in [1.165, 1.54) is 14.0 Å². The van der Waals surface area contributed by atoms with Gasteiger partial charge in [0, 0.05) is 0 Å². The molecule has 4 nitrogen and oxygen atoms in total. The van der Waals surface area contributed by atoms with Crippen LogP contribution >= 0.6 is 0 Å². The summed E-state index contributed by atoms with van der Waals surface area (Å²) in [7, 11) is 1.52. The maximum absolute atomic E-state index is 11.5. The van der Waals surface area contributed by atoms with E-state index in [-0.39, 0.29) is 5.78 Å². The molecule has 0 radical (unpaired) electrons. The number of ether oxygens (including phenoxy) is 2. The Bertz CT molecular complexity index is 701. The smallest absolute Gasteiger partial charge is 0.163 e. The third-order valence-corrected chi connectivity index (χ3v) is 3.05. The van der Waals surface area contributed by atoms with Gasteiger partial charge in [0.25, 0.3) is 0 Å². The molecule has 0 aliphatic carbocycles. The Hall–Kier alpha value is -2.80. The summed E-state index contributed by atoms with van der Waals surface area (Å²) in [5.41, 5.74) is 1.90. The van der Waals surface area contributed by atoms with Crippen LogP contribution in [0.15, 0.2) is 42.5 Å². The SMILES string of the molecule is COc1cc(COc2ccccc2C(C)=O)ccc1C#N. The Morgan fingerprint density at radius 2 is 1.95 bits per heavy atom. The summed E-state index contributed by atoms with van der Waals surface area (Å²) in [6.45, 7) is 1.80. The van der Waals surface area contributed by atoms with Crippen LogP contribution in [0.3, 0.4) is 0 Å². The molecule has 0 saturated heterocycles. The molecule has 0 saturated carbocycles. The van der Waals surface area contributed by atoms with E-state index in [2.05, 4.69) is 6.07 Å². The number of rotatable bonds is 5. The highest BCUT2D eigenvalue weighted by molar-refractivity contribution is 5.96. The largest absolute Gasteiger partial charge is 0.495 e. The van der Waals surface area contributed by atoms with E-state index >= 15 is 0 Å². The first-order chi connectivity index (χ1) is 10.2. The van der Waals surface area contributed by atoms with Crippen molar-refractivity contribution in [1.29, 1.82) is 5.26 Å². The quantitative estimate of drug-likeness (QED) is 0.788. The minimum Gasteiger partial charge on any atom is -0.495 e. The maximum Gasteiger partial charge on any atom is 0.163 e. The van der Waals surface area contributed by atoms with Gasteiger partial charge < -0.3 is 9.47 Å². The van der Waals surface area contributed by atoms with Crippen molar-refractivity contribution < 1.29 is 14.3 Å². The van der Waals surface area contributed by atoms with Gasteiger partial charge in [0.05, 0.1) is 18.2 Å². The molecule has 0 fully saturated rings. The summed E-state index contributed by atoms with van der Waals surface area (Å²) in [5.74, 6) is 1.02. The van der Waals surface area contributed by atoms with Crippen LogP contribution in [0.5, 0.6) is 11.5 Å². The van der Waals surface area contributed by atoms with Crippen molar-refractivity contribution in [2.24, 2.45) is 0 Å². The minimum atomic E-state index is -0.0389. The van der Waals surface area contributed by atoms with Gasteiger partial charge in [-0.15, -0.1) is 0 Å². The fourth-order valence-electron chi connectivity index (χ4n) is 1.96. The lowest BCUT2D eigenvalue weighted by Crippen LogP contribution is -2.02. The lowest BCUT2D eigenvalue weighted by molar-refractivity contribution is 0.101. The maximum atomic E-state index is 11.5. The van der Waals surface area contributed by atoms with E-state index in [0.717, 1.165) is 5.56 Å². The second kappa shape index (κ2) is 6.58. The summed E-state index contributed by atoms with van der Waals surface area (Å²) < 4.78 is 10.9. The van der Waals surface area contributed by atoms with Crippen LogP contribution < -0.4 is 9.47 Å². The fourth-order valence-corrected chi connectivity index (χ4v) is 1.96.